The van der Waals surface area contributed by atoms with E-state index in [-0.39, 0.29) is 0 Å². The zero-order valence-corrected chi connectivity index (χ0v) is 6.90. The van der Waals surface area contributed by atoms with Crippen LogP contribution < -0.4 is 5.84 Å². The highest BCUT2D eigenvalue weighted by Crippen LogP contribution is 2.32. The Kier molecular flexibility index (Phi) is 1.82. The van der Waals surface area contributed by atoms with E-state index < -0.39 is 0 Å². The molecule has 0 atom stereocenters. The molecule has 0 radical (unpaired) electrons. The first-order valence-electron chi connectivity index (χ1n) is 4.25. The summed E-state index contributed by atoms with van der Waals surface area (Å²) in [7, 11) is 0. The van der Waals surface area contributed by atoms with Gasteiger partial charge in [-0.1, -0.05) is 30.3 Å². The highest BCUT2D eigenvalue weighted by atomic mass is 15.1. The fourth-order valence-electron chi connectivity index (χ4n) is 1.38. The average molecular weight is 160 g/mol. The van der Waals surface area contributed by atoms with Gasteiger partial charge in [-0.05, 0) is 18.4 Å². The Balaban J connectivity index is 2.28. The van der Waals surface area contributed by atoms with E-state index in [9.17, 15) is 0 Å². The summed E-state index contributed by atoms with van der Waals surface area (Å²) in [5.41, 5.74) is 2.23. The molecule has 2 rings (SSSR count). The number of nitrogens with zero attached hydrogens (tertiary/aromatic N) is 1. The van der Waals surface area contributed by atoms with E-state index in [2.05, 4.69) is 17.2 Å². The molecule has 2 nitrogen and oxygen atoms in total. The van der Waals surface area contributed by atoms with E-state index in [0.29, 0.717) is 5.92 Å². The van der Waals surface area contributed by atoms with Crippen molar-refractivity contribution < 1.29 is 0 Å². The van der Waals surface area contributed by atoms with Gasteiger partial charge in [-0.15, -0.1) is 0 Å². The molecule has 2 N–H and O–H groups in total. The highest BCUT2D eigenvalue weighted by Gasteiger charge is 2.28. The lowest BCUT2D eigenvalue weighted by molar-refractivity contribution is 1.12. The van der Waals surface area contributed by atoms with Crippen LogP contribution in [0.15, 0.2) is 35.4 Å². The van der Waals surface area contributed by atoms with Gasteiger partial charge in [0.1, 0.15) is 0 Å². The summed E-state index contributed by atoms with van der Waals surface area (Å²) in [6.45, 7) is 0. The number of benzene rings is 1. The molecule has 2 heteroatoms. The first-order chi connectivity index (χ1) is 5.92. The second kappa shape index (κ2) is 2.97. The molecule has 1 aromatic carbocycles. The number of nitrogens with two attached hydrogens (primary N) is 1. The molecule has 0 saturated heterocycles. The van der Waals surface area contributed by atoms with E-state index in [1.54, 1.807) is 0 Å². The SMILES string of the molecule is NN=C(c1ccccc1)C1CC1. The second-order valence-electron chi connectivity index (χ2n) is 3.15. The van der Waals surface area contributed by atoms with Crippen LogP contribution >= 0.6 is 0 Å². The van der Waals surface area contributed by atoms with Gasteiger partial charge in [0.25, 0.3) is 0 Å². The third-order valence-electron chi connectivity index (χ3n) is 2.17. The Morgan fingerprint density at radius 1 is 1.25 bits per heavy atom. The van der Waals surface area contributed by atoms with Crippen molar-refractivity contribution in [2.45, 2.75) is 12.8 Å². The third-order valence-corrected chi connectivity index (χ3v) is 2.17. The molecule has 0 aromatic heterocycles. The van der Waals surface area contributed by atoms with Crippen LogP contribution in [-0.2, 0) is 0 Å². The number of hydrogen-bond donors (Lipinski definition) is 1. The predicted octanol–water partition coefficient (Wildman–Crippen LogP) is 1.76. The van der Waals surface area contributed by atoms with E-state index >= 15 is 0 Å². The summed E-state index contributed by atoms with van der Waals surface area (Å²) in [6, 6.07) is 10.2. The quantitative estimate of drug-likeness (QED) is 0.399. The molecule has 1 fully saturated rings. The van der Waals surface area contributed by atoms with Crippen LogP contribution in [0.4, 0.5) is 0 Å². The minimum absolute atomic E-state index is 0.623. The van der Waals surface area contributed by atoms with E-state index in [1.165, 1.54) is 18.4 Å². The fourth-order valence-corrected chi connectivity index (χ4v) is 1.38. The van der Waals surface area contributed by atoms with Gasteiger partial charge in [-0.25, -0.2) is 0 Å². The van der Waals surface area contributed by atoms with Gasteiger partial charge in [-0.2, -0.15) is 5.10 Å². The standard InChI is InChI=1S/C10H12N2/c11-12-10(9-6-7-9)8-4-2-1-3-5-8/h1-5,9H,6-7,11H2. The minimum atomic E-state index is 0.623. The van der Waals surface area contributed by atoms with Crippen LogP contribution in [0.25, 0.3) is 0 Å². The van der Waals surface area contributed by atoms with Crippen LogP contribution in [0.1, 0.15) is 18.4 Å². The summed E-state index contributed by atoms with van der Waals surface area (Å²) in [6.07, 6.45) is 2.48. The van der Waals surface area contributed by atoms with Gasteiger partial charge in [0.15, 0.2) is 0 Å². The summed E-state index contributed by atoms with van der Waals surface area (Å²) in [5.74, 6) is 5.96. The zero-order chi connectivity index (χ0) is 8.39. The molecule has 0 bridgehead atoms. The van der Waals surface area contributed by atoms with E-state index in [4.69, 9.17) is 5.84 Å². The molecule has 0 aliphatic heterocycles. The fraction of sp³-hybridized carbons (Fsp3) is 0.300. The molecule has 0 unspecified atom stereocenters. The highest BCUT2D eigenvalue weighted by molar-refractivity contribution is 6.03. The Bertz CT molecular complexity index is 286. The maximum absolute atomic E-state index is 5.33. The van der Waals surface area contributed by atoms with Crippen molar-refractivity contribution in [2.75, 3.05) is 0 Å². The maximum Gasteiger partial charge on any atom is 0.0703 e. The lowest BCUT2D eigenvalue weighted by Gasteiger charge is -2.01. The zero-order valence-electron chi connectivity index (χ0n) is 6.90. The van der Waals surface area contributed by atoms with Gasteiger partial charge in [-0.3, -0.25) is 0 Å². The summed E-state index contributed by atoms with van der Waals surface area (Å²) in [4.78, 5) is 0. The van der Waals surface area contributed by atoms with Crippen LogP contribution in [0.3, 0.4) is 0 Å². The summed E-state index contributed by atoms with van der Waals surface area (Å²) < 4.78 is 0. The van der Waals surface area contributed by atoms with E-state index in [0.717, 1.165) is 5.71 Å². The van der Waals surface area contributed by atoms with Crippen LogP contribution in [0.2, 0.25) is 0 Å². The molecule has 1 aromatic rings. The molecule has 1 aliphatic carbocycles. The molecular formula is C10H12N2. The lowest BCUT2D eigenvalue weighted by Crippen LogP contribution is -2.06. The monoisotopic (exact) mass is 160 g/mol. The van der Waals surface area contributed by atoms with Gasteiger partial charge in [0, 0.05) is 5.92 Å². The van der Waals surface area contributed by atoms with Gasteiger partial charge in [0.2, 0.25) is 0 Å². The average Bonchev–Trinajstić information content (AvgIpc) is 2.92. The number of hydrogen-bond acceptors (Lipinski definition) is 2. The Hall–Kier alpha value is -1.31. The predicted molar refractivity (Wildman–Crippen MR) is 49.9 cm³/mol. The second-order valence-corrected chi connectivity index (χ2v) is 3.15. The smallest absolute Gasteiger partial charge is 0.0703 e. The van der Waals surface area contributed by atoms with Crippen molar-refractivity contribution in [3.05, 3.63) is 35.9 Å². The third kappa shape index (κ3) is 1.33. The Labute approximate surface area is 72.1 Å². The Morgan fingerprint density at radius 2 is 1.92 bits per heavy atom. The van der Waals surface area contributed by atoms with Gasteiger partial charge >= 0.3 is 0 Å². The topological polar surface area (TPSA) is 38.4 Å². The molecule has 0 heterocycles. The minimum Gasteiger partial charge on any atom is -0.323 e. The van der Waals surface area contributed by atoms with Crippen LogP contribution in [0.5, 0.6) is 0 Å². The summed E-state index contributed by atoms with van der Waals surface area (Å²) in [5, 5.41) is 3.84. The largest absolute Gasteiger partial charge is 0.323 e. The molecule has 62 valence electrons. The molecule has 0 spiro atoms. The van der Waals surface area contributed by atoms with Crippen molar-refractivity contribution in [1.82, 2.24) is 0 Å². The maximum atomic E-state index is 5.33. The normalized spacial score (nSPS) is 17.8. The number of rotatable bonds is 2. The molecule has 0 amide bonds. The number of hydrazone groups is 1. The lowest BCUT2D eigenvalue weighted by atomic mass is 10.1. The van der Waals surface area contributed by atoms with Crippen molar-refractivity contribution in [1.29, 1.82) is 0 Å². The molecule has 1 aliphatic rings. The van der Waals surface area contributed by atoms with Crippen molar-refractivity contribution in [3.8, 4) is 0 Å². The molecule has 1 saturated carbocycles. The van der Waals surface area contributed by atoms with E-state index in [1.807, 2.05) is 18.2 Å². The first-order valence-corrected chi connectivity index (χ1v) is 4.25. The van der Waals surface area contributed by atoms with Gasteiger partial charge < -0.3 is 5.84 Å². The van der Waals surface area contributed by atoms with Crippen LogP contribution in [0, 0.1) is 5.92 Å². The Morgan fingerprint density at radius 3 is 2.42 bits per heavy atom. The van der Waals surface area contributed by atoms with Crippen molar-refractivity contribution in [2.24, 2.45) is 16.9 Å². The van der Waals surface area contributed by atoms with Crippen molar-refractivity contribution >= 4 is 5.71 Å². The molecule has 12 heavy (non-hydrogen) atoms. The van der Waals surface area contributed by atoms with Crippen molar-refractivity contribution in [3.63, 3.8) is 0 Å². The van der Waals surface area contributed by atoms with Crippen LogP contribution in [-0.4, -0.2) is 5.71 Å². The first kappa shape index (κ1) is 7.35. The molecular weight excluding hydrogens is 148 g/mol. The van der Waals surface area contributed by atoms with Gasteiger partial charge in [0.05, 0.1) is 5.71 Å². The summed E-state index contributed by atoms with van der Waals surface area (Å²) >= 11 is 0.